The van der Waals surface area contributed by atoms with Crippen LogP contribution in [0.25, 0.3) is 11.3 Å². The molecule has 2 aromatic rings. The molecule has 1 saturated carbocycles. The molecule has 19 heavy (non-hydrogen) atoms. The number of rotatable bonds is 2. The van der Waals surface area contributed by atoms with E-state index >= 15 is 0 Å². The lowest BCUT2D eigenvalue weighted by Gasteiger charge is -2.14. The van der Waals surface area contributed by atoms with Gasteiger partial charge < -0.3 is 0 Å². The molecular weight excluding hydrogens is 232 g/mol. The Bertz CT molecular complexity index is 631. The molecule has 1 fully saturated rings. The Labute approximate surface area is 116 Å². The highest BCUT2D eigenvalue weighted by molar-refractivity contribution is 5.64. The zero-order chi connectivity index (χ0) is 14.2. The number of aromatic nitrogens is 2. The van der Waals surface area contributed by atoms with Gasteiger partial charge in [-0.25, -0.2) is 4.57 Å². The van der Waals surface area contributed by atoms with Crippen molar-refractivity contribution in [3.63, 3.8) is 0 Å². The van der Waals surface area contributed by atoms with Gasteiger partial charge in [0.15, 0.2) is 0 Å². The highest BCUT2D eigenvalue weighted by Gasteiger charge is 2.25. The lowest BCUT2D eigenvalue weighted by molar-refractivity contribution is -0.663. The van der Waals surface area contributed by atoms with E-state index in [9.17, 15) is 0 Å². The van der Waals surface area contributed by atoms with Crippen LogP contribution >= 0.6 is 0 Å². The first-order valence-electron chi connectivity index (χ1n) is 7.52. The summed E-state index contributed by atoms with van der Waals surface area (Å²) >= 11 is 0. The molecular formula is C17H21N2+. The van der Waals surface area contributed by atoms with Crippen molar-refractivity contribution in [1.29, 1.82) is 0 Å². The van der Waals surface area contributed by atoms with E-state index in [1.54, 1.807) is 0 Å². The molecule has 2 heteroatoms. The van der Waals surface area contributed by atoms with E-state index in [-0.39, 0.29) is 0 Å². The quantitative estimate of drug-likeness (QED) is 0.749. The van der Waals surface area contributed by atoms with Crippen LogP contribution in [-0.2, 0) is 7.05 Å². The summed E-state index contributed by atoms with van der Waals surface area (Å²) in [6.07, 6.45) is 7.92. The van der Waals surface area contributed by atoms with Crippen LogP contribution in [0.1, 0.15) is 44.1 Å². The molecule has 0 amide bonds. The molecule has 1 aliphatic carbocycles. The predicted molar refractivity (Wildman–Crippen MR) is 76.8 cm³/mol. The Hall–Kier alpha value is -1.70. The first kappa shape index (κ1) is 11.2. The zero-order valence-electron chi connectivity index (χ0n) is 12.7. The Morgan fingerprint density at radius 2 is 2.00 bits per heavy atom. The smallest absolute Gasteiger partial charge is 0.232 e. The lowest BCUT2D eigenvalue weighted by atomic mass is 9.92. The third kappa shape index (κ3) is 2.27. The second-order valence-corrected chi connectivity index (χ2v) is 5.39. The Morgan fingerprint density at radius 1 is 1.26 bits per heavy atom. The largest absolute Gasteiger partial charge is 0.286 e. The standard InChI is InChI=1S/C17H21N2/c1-13-7-3-6-10-15(13)17-16(11-18-12-19(17)2)14-8-4-5-9-14/h3,6-7,10-12,14H,4-5,8-9H2,1-2H3/q+1/i14D. The van der Waals surface area contributed by atoms with Crippen LogP contribution in [0.3, 0.4) is 0 Å². The van der Waals surface area contributed by atoms with Crippen LogP contribution in [0, 0.1) is 6.92 Å². The van der Waals surface area contributed by atoms with Gasteiger partial charge in [-0.2, -0.15) is 0 Å². The van der Waals surface area contributed by atoms with Crippen molar-refractivity contribution in [2.75, 3.05) is 0 Å². The molecule has 0 saturated heterocycles. The van der Waals surface area contributed by atoms with E-state index in [2.05, 4.69) is 40.7 Å². The molecule has 1 aliphatic rings. The van der Waals surface area contributed by atoms with Crippen LogP contribution in [0.4, 0.5) is 0 Å². The maximum Gasteiger partial charge on any atom is 0.286 e. The van der Waals surface area contributed by atoms with Crippen LogP contribution in [0.2, 0.25) is 0 Å². The number of benzene rings is 1. The number of nitrogens with zero attached hydrogens (tertiary/aromatic N) is 2. The van der Waals surface area contributed by atoms with E-state index in [0.29, 0.717) is 0 Å². The number of aryl methyl sites for hydroxylation is 2. The minimum atomic E-state index is -0.469. The molecule has 0 spiro atoms. The van der Waals surface area contributed by atoms with Gasteiger partial charge in [-0.1, -0.05) is 42.1 Å². The van der Waals surface area contributed by atoms with E-state index in [1.165, 1.54) is 11.1 Å². The maximum absolute atomic E-state index is 8.83. The lowest BCUT2D eigenvalue weighted by Crippen LogP contribution is -2.33. The van der Waals surface area contributed by atoms with Crippen LogP contribution in [0.15, 0.2) is 36.8 Å². The van der Waals surface area contributed by atoms with E-state index in [1.807, 2.05) is 19.6 Å². The van der Waals surface area contributed by atoms with Crippen molar-refractivity contribution in [2.45, 2.75) is 38.5 Å². The Balaban J connectivity index is 2.23. The molecule has 1 aromatic carbocycles. The molecule has 0 N–H and O–H groups in total. The molecule has 0 aliphatic heterocycles. The molecule has 0 unspecified atom stereocenters. The second kappa shape index (κ2) is 5.12. The van der Waals surface area contributed by atoms with Crippen molar-refractivity contribution in [3.8, 4) is 11.3 Å². The van der Waals surface area contributed by atoms with Gasteiger partial charge in [0.25, 0.3) is 6.33 Å². The normalized spacial score (nSPS) is 18.3. The molecule has 2 nitrogen and oxygen atoms in total. The van der Waals surface area contributed by atoms with Crippen molar-refractivity contribution >= 4 is 0 Å². The van der Waals surface area contributed by atoms with Gasteiger partial charge in [0.2, 0.25) is 0 Å². The fourth-order valence-corrected chi connectivity index (χ4v) is 3.02. The van der Waals surface area contributed by atoms with E-state index in [4.69, 9.17) is 1.37 Å². The minimum absolute atomic E-state index is 0.469. The average Bonchev–Trinajstić information content (AvgIpc) is 2.88. The summed E-state index contributed by atoms with van der Waals surface area (Å²) < 4.78 is 10.9. The highest BCUT2D eigenvalue weighted by atomic mass is 15.0. The van der Waals surface area contributed by atoms with Crippen molar-refractivity contribution in [1.82, 2.24) is 4.98 Å². The third-order valence-electron chi connectivity index (χ3n) is 4.04. The number of hydrogen-bond donors (Lipinski definition) is 0. The molecule has 0 radical (unpaired) electrons. The Morgan fingerprint density at radius 3 is 2.74 bits per heavy atom. The van der Waals surface area contributed by atoms with E-state index in [0.717, 1.165) is 36.9 Å². The van der Waals surface area contributed by atoms with Crippen molar-refractivity contribution in [3.05, 3.63) is 47.9 Å². The molecule has 0 atom stereocenters. The molecule has 3 rings (SSSR count). The highest BCUT2D eigenvalue weighted by Crippen LogP contribution is 2.37. The minimum Gasteiger partial charge on any atom is -0.232 e. The summed E-state index contributed by atoms with van der Waals surface area (Å²) in [5, 5.41) is 0. The van der Waals surface area contributed by atoms with Gasteiger partial charge in [-0.05, 0) is 31.2 Å². The SMILES string of the molecule is [2H]C1(c2cnc[n+](C)c2-c2ccccc2C)CCCC1. The van der Waals surface area contributed by atoms with Gasteiger partial charge >= 0.3 is 0 Å². The van der Waals surface area contributed by atoms with Crippen LogP contribution in [-0.4, -0.2) is 4.98 Å². The fraction of sp³-hybridized carbons (Fsp3) is 0.412. The molecule has 1 aromatic heterocycles. The summed E-state index contributed by atoms with van der Waals surface area (Å²) in [6.45, 7) is 2.13. The average molecular weight is 254 g/mol. The van der Waals surface area contributed by atoms with Crippen LogP contribution in [0.5, 0.6) is 0 Å². The zero-order valence-corrected chi connectivity index (χ0v) is 11.7. The molecule has 0 bridgehead atoms. The van der Waals surface area contributed by atoms with E-state index < -0.39 is 5.89 Å². The summed E-state index contributed by atoms with van der Waals surface area (Å²) in [5.41, 5.74) is 4.69. The van der Waals surface area contributed by atoms with Crippen molar-refractivity contribution in [2.24, 2.45) is 7.05 Å². The van der Waals surface area contributed by atoms with Gasteiger partial charge in [-0.3, -0.25) is 0 Å². The summed E-state index contributed by atoms with van der Waals surface area (Å²) in [6, 6.07) is 8.40. The summed E-state index contributed by atoms with van der Waals surface area (Å²) in [7, 11) is 2.02. The number of hydrogen-bond acceptors (Lipinski definition) is 1. The topological polar surface area (TPSA) is 16.8 Å². The van der Waals surface area contributed by atoms with Crippen LogP contribution < -0.4 is 4.57 Å². The summed E-state index contributed by atoms with van der Waals surface area (Å²) in [5.74, 6) is -0.469. The predicted octanol–water partition coefficient (Wildman–Crippen LogP) is 3.54. The second-order valence-electron chi connectivity index (χ2n) is 5.39. The monoisotopic (exact) mass is 254 g/mol. The first-order valence-corrected chi connectivity index (χ1v) is 7.02. The molecule has 1 heterocycles. The van der Waals surface area contributed by atoms with Gasteiger partial charge in [-0.15, -0.1) is 0 Å². The Kier molecular flexibility index (Phi) is 3.01. The van der Waals surface area contributed by atoms with Crippen molar-refractivity contribution < 1.29 is 5.94 Å². The van der Waals surface area contributed by atoms with Gasteiger partial charge in [0.1, 0.15) is 11.9 Å². The van der Waals surface area contributed by atoms with Gasteiger partial charge in [0.05, 0.1) is 7.05 Å². The first-order chi connectivity index (χ1) is 9.62. The molecule has 98 valence electrons. The third-order valence-corrected chi connectivity index (χ3v) is 4.04. The fourth-order valence-electron chi connectivity index (χ4n) is 3.02. The maximum atomic E-state index is 8.83. The van der Waals surface area contributed by atoms with Gasteiger partial charge in [0, 0.05) is 12.5 Å². The summed E-state index contributed by atoms with van der Waals surface area (Å²) in [4.78, 5) is 4.33.